The van der Waals surface area contributed by atoms with Crippen molar-refractivity contribution in [1.82, 2.24) is 10.2 Å². The van der Waals surface area contributed by atoms with Crippen LogP contribution in [0, 0.1) is 0 Å². The molecule has 0 aromatic heterocycles. The molecule has 2 fully saturated rings. The summed E-state index contributed by atoms with van der Waals surface area (Å²) < 4.78 is 10.8. The summed E-state index contributed by atoms with van der Waals surface area (Å²) in [5, 5.41) is 3.01. The van der Waals surface area contributed by atoms with Gasteiger partial charge in [-0.25, -0.2) is 4.79 Å². The van der Waals surface area contributed by atoms with Crippen molar-refractivity contribution >= 4 is 6.09 Å². The maximum atomic E-state index is 11.8. The van der Waals surface area contributed by atoms with Gasteiger partial charge in [-0.1, -0.05) is 0 Å². The molecule has 2 saturated heterocycles. The molecule has 1 atom stereocenters. The van der Waals surface area contributed by atoms with Gasteiger partial charge >= 0.3 is 6.09 Å². The summed E-state index contributed by atoms with van der Waals surface area (Å²) in [5.41, 5.74) is -0.431. The first-order valence-corrected chi connectivity index (χ1v) is 7.75. The Kier molecular flexibility index (Phi) is 5.27. The topological polar surface area (TPSA) is 50.8 Å². The van der Waals surface area contributed by atoms with Gasteiger partial charge in [-0.2, -0.15) is 0 Å². The third kappa shape index (κ3) is 4.94. The fraction of sp³-hybridized carbons (Fsp3) is 0.933. The number of hydrogen-bond donors (Lipinski definition) is 1. The predicted molar refractivity (Wildman–Crippen MR) is 77.8 cm³/mol. The normalized spacial score (nSPS) is 26.2. The summed E-state index contributed by atoms with van der Waals surface area (Å²) in [7, 11) is 0. The Morgan fingerprint density at radius 3 is 2.60 bits per heavy atom. The molecule has 0 aromatic carbocycles. The third-order valence-electron chi connectivity index (χ3n) is 3.88. The zero-order valence-electron chi connectivity index (χ0n) is 13.0. The minimum absolute atomic E-state index is 0.210. The fourth-order valence-corrected chi connectivity index (χ4v) is 2.98. The van der Waals surface area contributed by atoms with Crippen molar-refractivity contribution in [3.05, 3.63) is 0 Å². The number of nitrogens with zero attached hydrogens (tertiary/aromatic N) is 1. The molecule has 0 radical (unpaired) electrons. The number of piperidine rings is 1. The molecule has 1 N–H and O–H groups in total. The van der Waals surface area contributed by atoms with Crippen LogP contribution < -0.4 is 5.32 Å². The quantitative estimate of drug-likeness (QED) is 0.844. The van der Waals surface area contributed by atoms with E-state index in [2.05, 4.69) is 10.2 Å². The second-order valence-corrected chi connectivity index (χ2v) is 6.82. The summed E-state index contributed by atoms with van der Waals surface area (Å²) in [6, 6.07) is 0.827. The maximum absolute atomic E-state index is 11.8. The average Bonchev–Trinajstić information content (AvgIpc) is 2.38. The zero-order chi connectivity index (χ0) is 14.6. The van der Waals surface area contributed by atoms with Gasteiger partial charge in [0, 0.05) is 31.8 Å². The number of hydrogen-bond acceptors (Lipinski definition) is 4. The number of carbonyl (C=O) groups excluding carboxylic acids is 1. The Bertz CT molecular complexity index is 322. The van der Waals surface area contributed by atoms with E-state index in [9.17, 15) is 4.79 Å². The number of nitrogens with one attached hydrogen (secondary N) is 1. The standard InChI is InChI=1S/C15H28N2O3/c1-15(2,3)20-14(18)16-12-5-4-8-17(11-12)13-6-9-19-10-7-13/h12-13H,4-11H2,1-3H3,(H,16,18)/t12-/m0/s1. The molecular formula is C15H28N2O3. The van der Waals surface area contributed by atoms with Crippen LogP contribution in [0.1, 0.15) is 46.5 Å². The number of ether oxygens (including phenoxy) is 2. The van der Waals surface area contributed by atoms with Gasteiger partial charge in [-0.05, 0) is 53.0 Å². The molecule has 116 valence electrons. The fourth-order valence-electron chi connectivity index (χ4n) is 2.98. The molecule has 0 aromatic rings. The van der Waals surface area contributed by atoms with Crippen LogP contribution in [0.4, 0.5) is 4.79 Å². The molecule has 0 saturated carbocycles. The number of amides is 1. The molecule has 5 heteroatoms. The summed E-state index contributed by atoms with van der Waals surface area (Å²) in [6.07, 6.45) is 4.10. The van der Waals surface area contributed by atoms with Crippen LogP contribution in [-0.4, -0.2) is 55.0 Å². The minimum atomic E-state index is -0.431. The Labute approximate surface area is 122 Å². The summed E-state index contributed by atoms with van der Waals surface area (Å²) in [4.78, 5) is 14.3. The van der Waals surface area contributed by atoms with Crippen LogP contribution in [0.25, 0.3) is 0 Å². The molecule has 0 unspecified atom stereocenters. The number of rotatable bonds is 2. The van der Waals surface area contributed by atoms with Crippen molar-refractivity contribution in [3.8, 4) is 0 Å². The molecule has 2 aliphatic rings. The molecule has 2 heterocycles. The van der Waals surface area contributed by atoms with Gasteiger partial charge in [0.05, 0.1) is 0 Å². The van der Waals surface area contributed by atoms with E-state index in [-0.39, 0.29) is 12.1 Å². The number of carbonyl (C=O) groups is 1. The molecule has 1 amide bonds. The Morgan fingerprint density at radius 2 is 1.95 bits per heavy atom. The van der Waals surface area contributed by atoms with Crippen LogP contribution in [0.2, 0.25) is 0 Å². The van der Waals surface area contributed by atoms with E-state index in [1.807, 2.05) is 20.8 Å². The molecular weight excluding hydrogens is 256 g/mol. The van der Waals surface area contributed by atoms with E-state index >= 15 is 0 Å². The summed E-state index contributed by atoms with van der Waals surface area (Å²) in [5.74, 6) is 0. The molecule has 5 nitrogen and oxygen atoms in total. The van der Waals surface area contributed by atoms with E-state index in [1.54, 1.807) is 0 Å². The van der Waals surface area contributed by atoms with Crippen molar-refractivity contribution in [2.24, 2.45) is 0 Å². The molecule has 0 aliphatic carbocycles. The van der Waals surface area contributed by atoms with E-state index in [1.165, 1.54) is 0 Å². The highest BCUT2D eigenvalue weighted by Crippen LogP contribution is 2.20. The van der Waals surface area contributed by atoms with Gasteiger partial charge in [-0.3, -0.25) is 4.90 Å². The number of likely N-dealkylation sites (tertiary alicyclic amines) is 1. The zero-order valence-corrected chi connectivity index (χ0v) is 13.0. The molecule has 2 rings (SSSR count). The van der Waals surface area contributed by atoms with Gasteiger partial charge in [-0.15, -0.1) is 0 Å². The van der Waals surface area contributed by atoms with Crippen molar-refractivity contribution in [2.45, 2.75) is 64.1 Å². The minimum Gasteiger partial charge on any atom is -0.444 e. The Balaban J connectivity index is 1.79. The second-order valence-electron chi connectivity index (χ2n) is 6.82. The largest absolute Gasteiger partial charge is 0.444 e. The molecule has 2 aliphatic heterocycles. The first-order valence-electron chi connectivity index (χ1n) is 7.75. The van der Waals surface area contributed by atoms with Gasteiger partial charge in [0.1, 0.15) is 5.60 Å². The van der Waals surface area contributed by atoms with E-state index < -0.39 is 5.60 Å². The predicted octanol–water partition coefficient (Wildman–Crippen LogP) is 2.15. The SMILES string of the molecule is CC(C)(C)OC(=O)N[C@H]1CCCN(C2CCOCC2)C1. The average molecular weight is 284 g/mol. The summed E-state index contributed by atoms with van der Waals surface area (Å²) >= 11 is 0. The van der Waals surface area contributed by atoms with Crippen molar-refractivity contribution in [2.75, 3.05) is 26.3 Å². The third-order valence-corrected chi connectivity index (χ3v) is 3.88. The molecule has 20 heavy (non-hydrogen) atoms. The molecule has 0 bridgehead atoms. The number of alkyl carbamates (subject to hydrolysis) is 1. The van der Waals surface area contributed by atoms with Crippen LogP contribution in [0.15, 0.2) is 0 Å². The lowest BCUT2D eigenvalue weighted by Gasteiger charge is -2.40. The van der Waals surface area contributed by atoms with Crippen LogP contribution in [0.5, 0.6) is 0 Å². The van der Waals surface area contributed by atoms with Gasteiger partial charge < -0.3 is 14.8 Å². The first kappa shape index (κ1) is 15.6. The van der Waals surface area contributed by atoms with Crippen LogP contribution in [0.3, 0.4) is 0 Å². The summed E-state index contributed by atoms with van der Waals surface area (Å²) in [6.45, 7) is 9.48. The Morgan fingerprint density at radius 1 is 1.25 bits per heavy atom. The van der Waals surface area contributed by atoms with Gasteiger partial charge in [0.15, 0.2) is 0 Å². The van der Waals surface area contributed by atoms with Crippen LogP contribution >= 0.6 is 0 Å². The smallest absolute Gasteiger partial charge is 0.407 e. The molecule has 0 spiro atoms. The highest BCUT2D eigenvalue weighted by Gasteiger charge is 2.28. The van der Waals surface area contributed by atoms with Gasteiger partial charge in [0.25, 0.3) is 0 Å². The monoisotopic (exact) mass is 284 g/mol. The van der Waals surface area contributed by atoms with Crippen molar-refractivity contribution < 1.29 is 14.3 Å². The van der Waals surface area contributed by atoms with E-state index in [0.29, 0.717) is 6.04 Å². The Hall–Kier alpha value is -0.810. The highest BCUT2D eigenvalue weighted by atomic mass is 16.6. The lowest BCUT2D eigenvalue weighted by molar-refractivity contribution is 0.0177. The van der Waals surface area contributed by atoms with Crippen LogP contribution in [-0.2, 0) is 9.47 Å². The van der Waals surface area contributed by atoms with E-state index in [0.717, 1.165) is 52.0 Å². The lowest BCUT2D eigenvalue weighted by atomic mass is 10.00. The first-order chi connectivity index (χ1) is 9.44. The maximum Gasteiger partial charge on any atom is 0.407 e. The van der Waals surface area contributed by atoms with Crippen molar-refractivity contribution in [3.63, 3.8) is 0 Å². The second kappa shape index (κ2) is 6.76. The van der Waals surface area contributed by atoms with Gasteiger partial charge in [0.2, 0.25) is 0 Å². The highest BCUT2D eigenvalue weighted by molar-refractivity contribution is 5.68. The van der Waals surface area contributed by atoms with E-state index in [4.69, 9.17) is 9.47 Å². The van der Waals surface area contributed by atoms with Crippen molar-refractivity contribution in [1.29, 1.82) is 0 Å². The lowest BCUT2D eigenvalue weighted by Crippen LogP contribution is -2.52.